The number of aliphatic hydroxyl groups excluding tert-OH is 2. The molecular weight excluding hydrogens is 469 g/mol. The minimum absolute atomic E-state index is 0.314. The fraction of sp³-hybridized carbons (Fsp3) is 0.778. The molecule has 2 aliphatic heterocycles. The van der Waals surface area contributed by atoms with Crippen LogP contribution in [-0.4, -0.2) is 75.6 Å². The van der Waals surface area contributed by atoms with Gasteiger partial charge in [0.2, 0.25) is 0 Å². The number of rotatable bonds is 3. The number of aliphatic hydroxyl groups is 2. The Hall–Kier alpha value is -0.110. The molecule has 0 aromatic rings. The van der Waals surface area contributed by atoms with E-state index in [0.717, 1.165) is 0 Å². The van der Waals surface area contributed by atoms with Crippen LogP contribution in [0.3, 0.4) is 0 Å². The van der Waals surface area contributed by atoms with E-state index >= 15 is 0 Å². The predicted octanol–water partition coefficient (Wildman–Crippen LogP) is 1.21. The summed E-state index contributed by atoms with van der Waals surface area (Å²) < 4.78 is 28.9. The van der Waals surface area contributed by atoms with Crippen molar-refractivity contribution in [2.24, 2.45) is 0 Å². The van der Waals surface area contributed by atoms with Crippen molar-refractivity contribution in [3.63, 3.8) is 0 Å². The van der Waals surface area contributed by atoms with Crippen molar-refractivity contribution < 1.29 is 32.3 Å². The minimum Gasteiger partial charge on any atom is -0.388 e. The maximum Gasteiger partial charge on any atom is 0.164 e. The van der Waals surface area contributed by atoms with Crippen LogP contribution in [0.1, 0.15) is 27.7 Å². The van der Waals surface area contributed by atoms with E-state index in [1.165, 1.54) is 0 Å². The van der Waals surface area contributed by atoms with Crippen LogP contribution in [0, 0.1) is 0 Å². The van der Waals surface area contributed by atoms with E-state index in [0.29, 0.717) is 0 Å². The quantitative estimate of drug-likeness (QED) is 0.343. The lowest BCUT2D eigenvalue weighted by Gasteiger charge is -2.42. The molecule has 0 radical (unpaired) electrons. The molecule has 4 rings (SSSR count). The normalized spacial score (nSPS) is 47.3. The Kier molecular flexibility index (Phi) is 5.23. The lowest BCUT2D eigenvalue weighted by molar-refractivity contribution is -0.187. The Balaban J connectivity index is 1.55. The first kappa shape index (κ1) is 20.2. The van der Waals surface area contributed by atoms with Crippen molar-refractivity contribution in [1.29, 1.82) is 0 Å². The third-order valence-electron chi connectivity index (χ3n) is 5.36. The summed E-state index contributed by atoms with van der Waals surface area (Å²) in [7, 11) is 0. The van der Waals surface area contributed by atoms with Gasteiger partial charge < -0.3 is 29.2 Å². The maximum absolute atomic E-state index is 10.9. The molecule has 2 heterocycles. The summed E-state index contributed by atoms with van der Waals surface area (Å²) in [5.41, 5.74) is 0. The second-order valence-electron chi connectivity index (χ2n) is 8.29. The van der Waals surface area contributed by atoms with E-state index in [-0.39, 0.29) is 12.2 Å². The van der Waals surface area contributed by atoms with Gasteiger partial charge in [-0.1, -0.05) is 24.3 Å². The summed E-state index contributed by atoms with van der Waals surface area (Å²) >= 11 is 1.76. The first-order valence-electron chi connectivity index (χ1n) is 9.13. The highest BCUT2D eigenvalue weighted by Gasteiger charge is 2.53. The van der Waals surface area contributed by atoms with E-state index in [1.807, 2.05) is 52.0 Å². The van der Waals surface area contributed by atoms with Crippen LogP contribution in [0.2, 0.25) is 0 Å². The number of hydroxylamine groups is 2. The van der Waals surface area contributed by atoms with Crippen LogP contribution in [0.4, 0.5) is 0 Å². The zero-order valence-corrected chi connectivity index (χ0v) is 17.8. The Morgan fingerprint density at radius 1 is 0.778 bits per heavy atom. The number of fused-ring (bicyclic) bond motifs is 2. The number of hydrogen-bond acceptors (Lipinski definition) is 8. The van der Waals surface area contributed by atoms with Gasteiger partial charge in [-0.25, -0.2) is 3.17 Å². The van der Waals surface area contributed by atoms with Crippen LogP contribution in [-0.2, 0) is 22.1 Å². The van der Waals surface area contributed by atoms with Gasteiger partial charge in [0.25, 0.3) is 0 Å². The molecule has 27 heavy (non-hydrogen) atoms. The van der Waals surface area contributed by atoms with Crippen LogP contribution in [0.5, 0.6) is 0 Å². The number of hydrogen-bond donors (Lipinski definition) is 2. The summed E-state index contributed by atoms with van der Waals surface area (Å²) in [5, 5.41) is 23.4. The summed E-state index contributed by atoms with van der Waals surface area (Å²) in [4.78, 5) is 0. The molecule has 2 fully saturated rings. The zero-order chi connectivity index (χ0) is 19.6. The van der Waals surface area contributed by atoms with Gasteiger partial charge in [0.1, 0.15) is 59.6 Å². The summed E-state index contributed by atoms with van der Waals surface area (Å²) in [6, 6.07) is -1.03. The molecule has 0 aromatic heterocycles. The summed E-state index contributed by atoms with van der Waals surface area (Å²) in [6.45, 7) is 7.28. The standard InChI is InChI=1S/C18H26INO7/c1-17(2)23-11-7-5-9(13(21)15(11)25-17)20(27-19)10-6-8-12-16(14(10)22)26-18(3,4)24-12/h5-16,21-22H,1-4H3/t9-,10-,11+,12+,13+,14+,15+,16+/m0/s1. The average Bonchev–Trinajstić information content (AvgIpc) is 3.07. The minimum atomic E-state index is -0.882. The van der Waals surface area contributed by atoms with Gasteiger partial charge in [0.15, 0.2) is 11.6 Å². The number of halogens is 1. The van der Waals surface area contributed by atoms with Gasteiger partial charge in [-0.2, -0.15) is 5.06 Å². The van der Waals surface area contributed by atoms with E-state index in [1.54, 1.807) is 28.1 Å². The fourth-order valence-electron chi connectivity index (χ4n) is 4.28. The second kappa shape index (κ2) is 6.99. The van der Waals surface area contributed by atoms with Crippen LogP contribution in [0.15, 0.2) is 24.3 Å². The van der Waals surface area contributed by atoms with Crippen molar-refractivity contribution in [2.45, 2.75) is 88.0 Å². The molecule has 0 aromatic carbocycles. The van der Waals surface area contributed by atoms with Gasteiger partial charge in [0.05, 0.1) is 12.1 Å². The van der Waals surface area contributed by atoms with E-state index < -0.39 is 48.1 Å². The van der Waals surface area contributed by atoms with Gasteiger partial charge in [-0.3, -0.25) is 0 Å². The molecule has 4 aliphatic rings. The van der Waals surface area contributed by atoms with Crippen molar-refractivity contribution in [1.82, 2.24) is 5.06 Å². The largest absolute Gasteiger partial charge is 0.388 e. The molecule has 2 N–H and O–H groups in total. The van der Waals surface area contributed by atoms with Gasteiger partial charge >= 0.3 is 0 Å². The van der Waals surface area contributed by atoms with Crippen LogP contribution < -0.4 is 0 Å². The molecule has 0 bridgehead atoms. The highest BCUT2D eigenvalue weighted by Crippen LogP contribution is 2.39. The number of ether oxygens (including phenoxy) is 4. The van der Waals surface area contributed by atoms with Crippen LogP contribution in [0.25, 0.3) is 0 Å². The van der Waals surface area contributed by atoms with E-state index in [9.17, 15) is 10.2 Å². The molecule has 0 spiro atoms. The Labute approximate surface area is 172 Å². The molecule has 2 aliphatic carbocycles. The average molecular weight is 495 g/mol. The monoisotopic (exact) mass is 495 g/mol. The Morgan fingerprint density at radius 3 is 1.56 bits per heavy atom. The van der Waals surface area contributed by atoms with Crippen LogP contribution >= 0.6 is 23.0 Å². The molecule has 2 saturated heterocycles. The predicted molar refractivity (Wildman–Crippen MR) is 102 cm³/mol. The second-order valence-corrected chi connectivity index (χ2v) is 8.68. The van der Waals surface area contributed by atoms with E-state index in [4.69, 9.17) is 22.1 Å². The smallest absolute Gasteiger partial charge is 0.164 e. The zero-order valence-electron chi connectivity index (χ0n) is 15.7. The molecule has 9 heteroatoms. The molecule has 0 unspecified atom stereocenters. The van der Waals surface area contributed by atoms with Crippen molar-refractivity contribution in [3.8, 4) is 0 Å². The SMILES string of the molecule is CC1(C)O[C@H]2[C@H](O)[C@@H](N(OI)[C@H]3C=C[C@H]4OC(C)(C)O[C@H]4[C@@H]3O)C=C[C@H]2O1. The lowest BCUT2D eigenvalue weighted by Crippen LogP contribution is -2.59. The van der Waals surface area contributed by atoms with Gasteiger partial charge in [-0.15, -0.1) is 0 Å². The van der Waals surface area contributed by atoms with Gasteiger partial charge in [-0.05, 0) is 27.7 Å². The third-order valence-corrected chi connectivity index (χ3v) is 5.82. The maximum atomic E-state index is 10.9. The molecule has 0 amide bonds. The summed E-state index contributed by atoms with van der Waals surface area (Å²) in [6.07, 6.45) is 4.00. The highest BCUT2D eigenvalue weighted by molar-refractivity contribution is 14.1. The van der Waals surface area contributed by atoms with E-state index in [2.05, 4.69) is 0 Å². The molecular formula is C18H26INO7. The molecule has 8 atom stereocenters. The Bertz CT molecular complexity index is 587. The highest BCUT2D eigenvalue weighted by atomic mass is 127. The molecule has 152 valence electrons. The number of nitrogens with zero attached hydrogens (tertiary/aromatic N) is 1. The Morgan fingerprint density at radius 2 is 1.19 bits per heavy atom. The van der Waals surface area contributed by atoms with Crippen molar-refractivity contribution in [2.75, 3.05) is 0 Å². The fourth-order valence-corrected chi connectivity index (χ4v) is 4.81. The van der Waals surface area contributed by atoms with Gasteiger partial charge in [0, 0.05) is 0 Å². The molecule has 0 saturated carbocycles. The third kappa shape index (κ3) is 3.62. The summed E-state index contributed by atoms with van der Waals surface area (Å²) in [5.74, 6) is -1.52. The molecule has 8 nitrogen and oxygen atoms in total. The first-order chi connectivity index (χ1) is 12.6. The topological polar surface area (TPSA) is 89.9 Å². The lowest BCUT2D eigenvalue weighted by atomic mass is 9.89. The first-order valence-corrected chi connectivity index (χ1v) is 10.0. The van der Waals surface area contributed by atoms with Crippen molar-refractivity contribution in [3.05, 3.63) is 24.3 Å². The van der Waals surface area contributed by atoms with Crippen molar-refractivity contribution >= 4 is 23.0 Å².